The predicted molar refractivity (Wildman–Crippen MR) is 65.0 cm³/mol. The summed E-state index contributed by atoms with van der Waals surface area (Å²) in [6.07, 6.45) is 1.88. The minimum absolute atomic E-state index is 0.125. The van der Waals surface area contributed by atoms with Crippen LogP contribution >= 0.6 is 22.3 Å². The van der Waals surface area contributed by atoms with E-state index in [0.29, 0.717) is 0 Å². The number of carbonyl (C=O) groups is 1. The van der Waals surface area contributed by atoms with Crippen LogP contribution in [-0.2, 0) is 9.05 Å². The SMILES string of the molecule is O=C(NC1CC1)c1cc(S(=O)(=O)Cl)ccc1Cl. The Morgan fingerprint density at radius 1 is 1.35 bits per heavy atom. The van der Waals surface area contributed by atoms with Gasteiger partial charge in [0.25, 0.3) is 15.0 Å². The van der Waals surface area contributed by atoms with Gasteiger partial charge in [0.15, 0.2) is 0 Å². The average Bonchev–Trinajstić information content (AvgIpc) is 3.00. The molecule has 1 aliphatic rings. The molecule has 1 saturated carbocycles. The van der Waals surface area contributed by atoms with Gasteiger partial charge in [-0.2, -0.15) is 0 Å². The maximum atomic E-state index is 11.8. The molecule has 0 aliphatic heterocycles. The summed E-state index contributed by atoms with van der Waals surface area (Å²) in [5.74, 6) is -0.375. The minimum Gasteiger partial charge on any atom is -0.349 e. The molecule has 1 amide bonds. The van der Waals surface area contributed by atoms with E-state index in [4.69, 9.17) is 22.3 Å². The van der Waals surface area contributed by atoms with E-state index in [2.05, 4.69) is 5.32 Å². The topological polar surface area (TPSA) is 63.2 Å². The van der Waals surface area contributed by atoms with Crippen LogP contribution in [0.5, 0.6) is 0 Å². The Morgan fingerprint density at radius 3 is 2.53 bits per heavy atom. The number of hydrogen-bond acceptors (Lipinski definition) is 3. The number of benzene rings is 1. The van der Waals surface area contributed by atoms with Crippen molar-refractivity contribution in [2.75, 3.05) is 0 Å². The van der Waals surface area contributed by atoms with Crippen LogP contribution < -0.4 is 5.32 Å². The standard InChI is InChI=1S/C10H9Cl2NO3S/c11-9-4-3-7(17(12,15)16)5-8(9)10(14)13-6-1-2-6/h3-6H,1-2H2,(H,13,14). The molecule has 17 heavy (non-hydrogen) atoms. The third-order valence-electron chi connectivity index (χ3n) is 2.38. The molecule has 92 valence electrons. The molecule has 0 radical (unpaired) electrons. The van der Waals surface area contributed by atoms with E-state index in [1.165, 1.54) is 18.2 Å². The van der Waals surface area contributed by atoms with Crippen LogP contribution in [0, 0.1) is 0 Å². The molecule has 0 heterocycles. The van der Waals surface area contributed by atoms with E-state index in [0.717, 1.165) is 12.8 Å². The lowest BCUT2D eigenvalue weighted by Gasteiger charge is -2.06. The molecule has 4 nitrogen and oxygen atoms in total. The van der Waals surface area contributed by atoms with Gasteiger partial charge in [0.2, 0.25) is 0 Å². The minimum atomic E-state index is -3.85. The van der Waals surface area contributed by atoms with Crippen LogP contribution in [0.25, 0.3) is 0 Å². The predicted octanol–water partition coefficient (Wildman–Crippen LogP) is 2.16. The second-order valence-corrected chi connectivity index (χ2v) is 6.80. The first-order valence-corrected chi connectivity index (χ1v) is 7.62. The molecular weight excluding hydrogens is 285 g/mol. The summed E-state index contributed by atoms with van der Waals surface area (Å²) in [6.45, 7) is 0. The van der Waals surface area contributed by atoms with E-state index in [1.807, 2.05) is 0 Å². The summed E-state index contributed by atoms with van der Waals surface area (Å²) in [5.41, 5.74) is 0.125. The highest BCUT2D eigenvalue weighted by Gasteiger charge is 2.25. The van der Waals surface area contributed by atoms with Gasteiger partial charge in [0.1, 0.15) is 0 Å². The molecule has 0 unspecified atom stereocenters. The molecule has 2 rings (SSSR count). The van der Waals surface area contributed by atoms with E-state index >= 15 is 0 Å². The number of carbonyl (C=O) groups excluding carboxylic acids is 1. The fourth-order valence-corrected chi connectivity index (χ4v) is 2.30. The Balaban J connectivity index is 2.34. The van der Waals surface area contributed by atoms with Crippen molar-refractivity contribution >= 4 is 37.2 Å². The number of hydrogen-bond donors (Lipinski definition) is 1. The molecule has 1 aliphatic carbocycles. The van der Waals surface area contributed by atoms with Gasteiger partial charge in [-0.15, -0.1) is 0 Å². The summed E-state index contributed by atoms with van der Waals surface area (Å²) in [7, 11) is 1.35. The molecule has 1 aromatic rings. The third-order valence-corrected chi connectivity index (χ3v) is 4.06. The zero-order chi connectivity index (χ0) is 12.6. The van der Waals surface area contributed by atoms with Gasteiger partial charge in [-0.3, -0.25) is 4.79 Å². The summed E-state index contributed by atoms with van der Waals surface area (Å²) in [5, 5.41) is 2.93. The largest absolute Gasteiger partial charge is 0.349 e. The van der Waals surface area contributed by atoms with Gasteiger partial charge < -0.3 is 5.32 Å². The lowest BCUT2D eigenvalue weighted by molar-refractivity contribution is 0.0951. The summed E-state index contributed by atoms with van der Waals surface area (Å²) in [4.78, 5) is 11.6. The van der Waals surface area contributed by atoms with Crippen LogP contribution in [0.1, 0.15) is 23.2 Å². The molecule has 0 aromatic heterocycles. The van der Waals surface area contributed by atoms with Crippen LogP contribution in [0.3, 0.4) is 0 Å². The van der Waals surface area contributed by atoms with Crippen molar-refractivity contribution in [3.63, 3.8) is 0 Å². The van der Waals surface area contributed by atoms with E-state index < -0.39 is 9.05 Å². The van der Waals surface area contributed by atoms with Crippen molar-refractivity contribution in [2.45, 2.75) is 23.8 Å². The first-order valence-electron chi connectivity index (χ1n) is 4.93. The highest BCUT2D eigenvalue weighted by molar-refractivity contribution is 8.13. The summed E-state index contributed by atoms with van der Waals surface area (Å²) in [6, 6.07) is 3.97. The second-order valence-electron chi connectivity index (χ2n) is 3.83. The van der Waals surface area contributed by atoms with Crippen molar-refractivity contribution < 1.29 is 13.2 Å². The van der Waals surface area contributed by atoms with E-state index in [9.17, 15) is 13.2 Å². The maximum Gasteiger partial charge on any atom is 0.261 e. The van der Waals surface area contributed by atoms with E-state index in [-0.39, 0.29) is 27.4 Å². The Bertz CT molecular complexity index is 567. The Hall–Kier alpha value is -0.780. The number of nitrogens with one attached hydrogen (secondary N) is 1. The van der Waals surface area contributed by atoms with Crippen molar-refractivity contribution in [1.82, 2.24) is 5.32 Å². The number of rotatable bonds is 3. The first-order chi connectivity index (χ1) is 7.88. The Labute approximate surface area is 108 Å². The van der Waals surface area contributed by atoms with Crippen LogP contribution in [-0.4, -0.2) is 20.4 Å². The maximum absolute atomic E-state index is 11.8. The average molecular weight is 294 g/mol. The Kier molecular flexibility index (Phi) is 3.34. The van der Waals surface area contributed by atoms with Gasteiger partial charge in [-0.1, -0.05) is 11.6 Å². The fourth-order valence-electron chi connectivity index (χ4n) is 1.32. The smallest absolute Gasteiger partial charge is 0.261 e. The molecular formula is C10H9Cl2NO3S. The van der Waals surface area contributed by atoms with Crippen molar-refractivity contribution in [1.29, 1.82) is 0 Å². The highest BCUT2D eigenvalue weighted by Crippen LogP contribution is 2.25. The molecule has 1 aromatic carbocycles. The second kappa shape index (κ2) is 4.48. The third kappa shape index (κ3) is 3.12. The molecule has 7 heteroatoms. The molecule has 1 N–H and O–H groups in total. The fraction of sp³-hybridized carbons (Fsp3) is 0.300. The van der Waals surface area contributed by atoms with Gasteiger partial charge in [-0.05, 0) is 31.0 Å². The number of amides is 1. The monoisotopic (exact) mass is 293 g/mol. The van der Waals surface area contributed by atoms with Gasteiger partial charge >= 0.3 is 0 Å². The van der Waals surface area contributed by atoms with E-state index in [1.54, 1.807) is 0 Å². The zero-order valence-electron chi connectivity index (χ0n) is 8.61. The molecule has 1 fully saturated rings. The zero-order valence-corrected chi connectivity index (χ0v) is 10.9. The van der Waals surface area contributed by atoms with Gasteiger partial charge in [0.05, 0.1) is 15.5 Å². The number of halogens is 2. The quantitative estimate of drug-likeness (QED) is 0.869. The highest BCUT2D eigenvalue weighted by atomic mass is 35.7. The van der Waals surface area contributed by atoms with Crippen LogP contribution in [0.2, 0.25) is 5.02 Å². The molecule has 0 saturated heterocycles. The van der Waals surface area contributed by atoms with Gasteiger partial charge in [0, 0.05) is 16.7 Å². The van der Waals surface area contributed by atoms with Crippen LogP contribution in [0.15, 0.2) is 23.1 Å². The summed E-state index contributed by atoms with van der Waals surface area (Å²) >= 11 is 5.85. The van der Waals surface area contributed by atoms with Gasteiger partial charge in [-0.25, -0.2) is 8.42 Å². The van der Waals surface area contributed by atoms with Crippen molar-refractivity contribution in [2.24, 2.45) is 0 Å². The Morgan fingerprint density at radius 2 is 2.00 bits per heavy atom. The van der Waals surface area contributed by atoms with Crippen LogP contribution in [0.4, 0.5) is 0 Å². The summed E-state index contributed by atoms with van der Waals surface area (Å²) < 4.78 is 22.3. The van der Waals surface area contributed by atoms with Crippen molar-refractivity contribution in [3.05, 3.63) is 28.8 Å². The lowest BCUT2D eigenvalue weighted by atomic mass is 10.2. The molecule has 0 atom stereocenters. The molecule has 0 bridgehead atoms. The van der Waals surface area contributed by atoms with Crippen molar-refractivity contribution in [3.8, 4) is 0 Å². The first kappa shape index (κ1) is 12.7. The lowest BCUT2D eigenvalue weighted by Crippen LogP contribution is -2.25. The molecule has 0 spiro atoms. The normalized spacial score (nSPS) is 15.6.